The Hall–Kier alpha value is -3.68. The highest BCUT2D eigenvalue weighted by atomic mass is 16.5. The van der Waals surface area contributed by atoms with Gasteiger partial charge in [0, 0.05) is 17.5 Å². The fourth-order valence-corrected chi connectivity index (χ4v) is 3.30. The summed E-state index contributed by atoms with van der Waals surface area (Å²) in [7, 11) is 0. The van der Waals surface area contributed by atoms with Gasteiger partial charge in [0.05, 0.1) is 24.1 Å². The zero-order valence-electron chi connectivity index (χ0n) is 15.6. The molecule has 4 rings (SSSR count). The highest BCUT2D eigenvalue weighted by Gasteiger charge is 2.35. The van der Waals surface area contributed by atoms with Crippen molar-refractivity contribution in [1.29, 1.82) is 0 Å². The van der Waals surface area contributed by atoms with Gasteiger partial charge in [0.15, 0.2) is 0 Å². The van der Waals surface area contributed by atoms with Gasteiger partial charge in [-0.25, -0.2) is 4.68 Å². The molecule has 0 radical (unpaired) electrons. The second kappa shape index (κ2) is 7.51. The van der Waals surface area contributed by atoms with Crippen LogP contribution in [0.4, 0.5) is 11.6 Å². The molecule has 3 heterocycles. The van der Waals surface area contributed by atoms with Crippen molar-refractivity contribution in [3.05, 3.63) is 72.0 Å². The molecule has 0 saturated carbocycles. The van der Waals surface area contributed by atoms with Gasteiger partial charge in [0.1, 0.15) is 18.1 Å². The van der Waals surface area contributed by atoms with Gasteiger partial charge in [-0.15, -0.1) is 0 Å². The van der Waals surface area contributed by atoms with Gasteiger partial charge in [-0.3, -0.25) is 9.78 Å². The second-order valence-electron chi connectivity index (χ2n) is 6.26. The molecule has 1 amide bonds. The third kappa shape index (κ3) is 3.20. The number of pyridine rings is 1. The lowest BCUT2D eigenvalue weighted by Crippen LogP contribution is -2.31. The average molecular weight is 376 g/mol. The first-order valence-electron chi connectivity index (χ1n) is 8.99. The number of hydrogen-bond donors (Lipinski definition) is 2. The number of anilines is 2. The molecule has 3 aromatic rings. The van der Waals surface area contributed by atoms with Crippen LogP contribution >= 0.6 is 0 Å². The number of nitrogens with zero attached hydrogens (tertiary/aromatic N) is 4. The lowest BCUT2D eigenvalue weighted by atomic mass is 9.94. The van der Waals surface area contributed by atoms with E-state index in [2.05, 4.69) is 25.7 Å². The van der Waals surface area contributed by atoms with Gasteiger partial charge in [-0.1, -0.05) is 18.2 Å². The van der Waals surface area contributed by atoms with Crippen molar-refractivity contribution >= 4 is 17.5 Å². The number of nitrogens with one attached hydrogen (secondary N) is 2. The molecule has 8 heteroatoms. The number of allylic oxidation sites excluding steroid dienone is 1. The molecule has 1 unspecified atom stereocenters. The largest absolute Gasteiger partial charge is 0.494 e. The van der Waals surface area contributed by atoms with E-state index < -0.39 is 6.04 Å². The van der Waals surface area contributed by atoms with Crippen LogP contribution in [-0.2, 0) is 4.79 Å². The molecule has 0 aliphatic carbocycles. The van der Waals surface area contributed by atoms with Crippen molar-refractivity contribution in [2.45, 2.75) is 19.9 Å². The minimum Gasteiger partial charge on any atom is -0.494 e. The number of hydrogen-bond acceptors (Lipinski definition) is 6. The monoisotopic (exact) mass is 376 g/mol. The third-order valence-electron chi connectivity index (χ3n) is 4.47. The van der Waals surface area contributed by atoms with E-state index in [4.69, 9.17) is 4.74 Å². The van der Waals surface area contributed by atoms with Gasteiger partial charge in [0.2, 0.25) is 5.95 Å². The number of carbonyl (C=O) groups is 1. The average Bonchev–Trinajstić information content (AvgIpc) is 3.16. The van der Waals surface area contributed by atoms with E-state index in [0.29, 0.717) is 35.3 Å². The van der Waals surface area contributed by atoms with Gasteiger partial charge in [0.25, 0.3) is 5.91 Å². The van der Waals surface area contributed by atoms with Crippen LogP contribution in [0, 0.1) is 0 Å². The molecule has 1 aliphatic rings. The van der Waals surface area contributed by atoms with Crippen molar-refractivity contribution in [2.24, 2.45) is 0 Å². The third-order valence-corrected chi connectivity index (χ3v) is 4.47. The Kier molecular flexibility index (Phi) is 4.76. The van der Waals surface area contributed by atoms with Crippen molar-refractivity contribution in [2.75, 3.05) is 17.2 Å². The first-order valence-corrected chi connectivity index (χ1v) is 8.99. The van der Waals surface area contributed by atoms with E-state index in [-0.39, 0.29) is 5.91 Å². The highest BCUT2D eigenvalue weighted by Crippen LogP contribution is 2.39. The predicted molar refractivity (Wildman–Crippen MR) is 105 cm³/mol. The standard InChI is InChI=1S/C20H20N6O2/c1-3-28-16-9-5-4-8-15(16)18-17(13(2)24-20-22-12-23-26(18)20)19(27)25-14-7-6-10-21-11-14/h4-12,18H,3H2,1-2H3,(H,25,27)(H,22,23,24). The number of carbonyl (C=O) groups excluding carboxylic acids is 1. The fraction of sp³-hybridized carbons (Fsp3) is 0.200. The molecule has 8 nitrogen and oxygen atoms in total. The van der Waals surface area contributed by atoms with Crippen molar-refractivity contribution in [1.82, 2.24) is 19.7 Å². The van der Waals surface area contributed by atoms with E-state index in [0.717, 1.165) is 5.56 Å². The molecule has 142 valence electrons. The predicted octanol–water partition coefficient (Wildman–Crippen LogP) is 3.00. The van der Waals surface area contributed by atoms with Crippen molar-refractivity contribution < 1.29 is 9.53 Å². The summed E-state index contributed by atoms with van der Waals surface area (Å²) in [5.41, 5.74) is 2.70. The lowest BCUT2D eigenvalue weighted by Gasteiger charge is -2.29. The summed E-state index contributed by atoms with van der Waals surface area (Å²) < 4.78 is 7.51. The number of fused-ring (bicyclic) bond motifs is 1. The van der Waals surface area contributed by atoms with Crippen LogP contribution in [0.1, 0.15) is 25.5 Å². The zero-order chi connectivity index (χ0) is 19.5. The summed E-state index contributed by atoms with van der Waals surface area (Å²) in [6.45, 7) is 4.30. The SMILES string of the molecule is CCOc1ccccc1C1C(C(=O)Nc2cccnc2)=C(C)Nc2ncnn21. The van der Waals surface area contributed by atoms with Crippen LogP contribution in [-0.4, -0.2) is 32.3 Å². The van der Waals surface area contributed by atoms with Gasteiger partial charge in [-0.05, 0) is 32.0 Å². The topological polar surface area (TPSA) is 94.0 Å². The Morgan fingerprint density at radius 3 is 2.93 bits per heavy atom. The molecule has 1 atom stereocenters. The Morgan fingerprint density at radius 1 is 1.29 bits per heavy atom. The quantitative estimate of drug-likeness (QED) is 0.711. The number of rotatable bonds is 5. The van der Waals surface area contributed by atoms with Crippen LogP contribution in [0.2, 0.25) is 0 Å². The number of ether oxygens (including phenoxy) is 1. The highest BCUT2D eigenvalue weighted by molar-refractivity contribution is 6.06. The molecule has 2 aromatic heterocycles. The Morgan fingerprint density at radius 2 is 2.14 bits per heavy atom. The second-order valence-corrected chi connectivity index (χ2v) is 6.26. The first-order chi connectivity index (χ1) is 13.7. The Bertz CT molecular complexity index is 1030. The number of benzene rings is 1. The summed E-state index contributed by atoms with van der Waals surface area (Å²) in [6.07, 6.45) is 4.73. The minimum atomic E-state index is -0.474. The van der Waals surface area contributed by atoms with Gasteiger partial charge >= 0.3 is 0 Å². The van der Waals surface area contributed by atoms with Crippen molar-refractivity contribution in [3.8, 4) is 5.75 Å². The summed E-state index contributed by atoms with van der Waals surface area (Å²) in [5, 5.41) is 10.4. The molecule has 0 spiro atoms. The van der Waals surface area contributed by atoms with E-state index >= 15 is 0 Å². The van der Waals surface area contributed by atoms with E-state index in [1.807, 2.05) is 38.1 Å². The maximum absolute atomic E-state index is 13.2. The molecule has 0 fully saturated rings. The summed E-state index contributed by atoms with van der Waals surface area (Å²) in [5.74, 6) is 1.04. The van der Waals surface area contributed by atoms with Crippen LogP contribution in [0.5, 0.6) is 5.75 Å². The fourth-order valence-electron chi connectivity index (χ4n) is 3.30. The number of para-hydroxylation sites is 1. The number of aromatic nitrogens is 4. The van der Waals surface area contributed by atoms with Crippen LogP contribution in [0.15, 0.2) is 66.4 Å². The van der Waals surface area contributed by atoms with E-state index in [9.17, 15) is 4.79 Å². The molecular weight excluding hydrogens is 356 g/mol. The molecule has 0 saturated heterocycles. The molecule has 1 aliphatic heterocycles. The number of amides is 1. The maximum Gasteiger partial charge on any atom is 0.255 e. The van der Waals surface area contributed by atoms with Gasteiger partial charge < -0.3 is 15.4 Å². The maximum atomic E-state index is 13.2. The Balaban J connectivity index is 1.80. The van der Waals surface area contributed by atoms with E-state index in [1.54, 1.807) is 29.2 Å². The van der Waals surface area contributed by atoms with Crippen LogP contribution < -0.4 is 15.4 Å². The molecule has 2 N–H and O–H groups in total. The van der Waals surface area contributed by atoms with E-state index in [1.165, 1.54) is 6.33 Å². The summed E-state index contributed by atoms with van der Waals surface area (Å²) >= 11 is 0. The molecule has 28 heavy (non-hydrogen) atoms. The molecule has 1 aromatic carbocycles. The Labute approximate surface area is 162 Å². The zero-order valence-corrected chi connectivity index (χ0v) is 15.6. The van der Waals surface area contributed by atoms with Crippen LogP contribution in [0.3, 0.4) is 0 Å². The summed E-state index contributed by atoms with van der Waals surface area (Å²) in [4.78, 5) is 21.5. The van der Waals surface area contributed by atoms with Gasteiger partial charge in [-0.2, -0.15) is 10.1 Å². The van der Waals surface area contributed by atoms with Crippen molar-refractivity contribution in [3.63, 3.8) is 0 Å². The normalized spacial score (nSPS) is 15.6. The first kappa shape index (κ1) is 17.7. The lowest BCUT2D eigenvalue weighted by molar-refractivity contribution is -0.113. The molecule has 0 bridgehead atoms. The molecular formula is C20H20N6O2. The minimum absolute atomic E-state index is 0.240. The van der Waals surface area contributed by atoms with Crippen LogP contribution in [0.25, 0.3) is 0 Å². The summed E-state index contributed by atoms with van der Waals surface area (Å²) in [6, 6.07) is 10.7. The smallest absolute Gasteiger partial charge is 0.255 e.